The summed E-state index contributed by atoms with van der Waals surface area (Å²) in [5.41, 5.74) is 0. The van der Waals surface area contributed by atoms with Gasteiger partial charge in [0.1, 0.15) is 0 Å². The number of ether oxygens (including phenoxy) is 1. The third-order valence-electron chi connectivity index (χ3n) is 1.95. The molecule has 4 heteroatoms. The Morgan fingerprint density at radius 2 is 2.54 bits per heavy atom. The maximum atomic E-state index is 11.3. The van der Waals surface area contributed by atoms with Gasteiger partial charge in [-0.15, -0.1) is 6.42 Å². The van der Waals surface area contributed by atoms with Gasteiger partial charge in [0.05, 0.1) is 25.7 Å². The molecule has 0 bridgehead atoms. The SMILES string of the molecule is C#CCC(=O)N1CCOC(CO)C1. The summed E-state index contributed by atoms with van der Waals surface area (Å²) in [6.07, 6.45) is 4.89. The Labute approximate surface area is 77.5 Å². The fraction of sp³-hybridized carbons (Fsp3) is 0.667. The molecule has 72 valence electrons. The van der Waals surface area contributed by atoms with Crippen LogP contribution in [0.5, 0.6) is 0 Å². The lowest BCUT2D eigenvalue weighted by Gasteiger charge is -2.31. The number of hydrogen-bond donors (Lipinski definition) is 1. The van der Waals surface area contributed by atoms with Crippen molar-refractivity contribution in [3.63, 3.8) is 0 Å². The molecular formula is C9H13NO3. The van der Waals surface area contributed by atoms with Crippen molar-refractivity contribution in [2.75, 3.05) is 26.3 Å². The minimum atomic E-state index is -0.254. The van der Waals surface area contributed by atoms with Crippen LogP contribution in [0, 0.1) is 12.3 Å². The molecule has 0 radical (unpaired) electrons. The number of hydrogen-bond acceptors (Lipinski definition) is 3. The number of aliphatic hydroxyl groups excluding tert-OH is 1. The van der Waals surface area contributed by atoms with E-state index in [2.05, 4.69) is 5.92 Å². The molecule has 1 aliphatic rings. The van der Waals surface area contributed by atoms with E-state index in [1.54, 1.807) is 4.90 Å². The number of carbonyl (C=O) groups excluding carboxylic acids is 1. The first kappa shape index (κ1) is 10.0. The van der Waals surface area contributed by atoms with Gasteiger partial charge in [0, 0.05) is 13.1 Å². The van der Waals surface area contributed by atoms with Crippen molar-refractivity contribution >= 4 is 5.91 Å². The molecule has 13 heavy (non-hydrogen) atoms. The molecule has 0 aromatic rings. The number of terminal acetylenes is 1. The van der Waals surface area contributed by atoms with E-state index in [-0.39, 0.29) is 25.0 Å². The van der Waals surface area contributed by atoms with Gasteiger partial charge in [0.25, 0.3) is 0 Å². The zero-order chi connectivity index (χ0) is 9.68. The molecule has 1 aliphatic heterocycles. The third kappa shape index (κ3) is 2.72. The number of aliphatic hydroxyl groups is 1. The predicted octanol–water partition coefficient (Wildman–Crippen LogP) is -0.771. The number of rotatable bonds is 2. The van der Waals surface area contributed by atoms with Gasteiger partial charge in [-0.1, -0.05) is 5.92 Å². The van der Waals surface area contributed by atoms with Crippen LogP contribution in [0.1, 0.15) is 6.42 Å². The molecule has 4 nitrogen and oxygen atoms in total. The van der Waals surface area contributed by atoms with Crippen molar-refractivity contribution in [3.05, 3.63) is 0 Å². The van der Waals surface area contributed by atoms with Crippen LogP contribution in [-0.2, 0) is 9.53 Å². The van der Waals surface area contributed by atoms with Gasteiger partial charge in [0.2, 0.25) is 5.91 Å². The average molecular weight is 183 g/mol. The Bertz CT molecular complexity index is 221. The van der Waals surface area contributed by atoms with Crippen molar-refractivity contribution < 1.29 is 14.6 Å². The quantitative estimate of drug-likeness (QED) is 0.572. The van der Waals surface area contributed by atoms with Gasteiger partial charge in [-0.3, -0.25) is 4.79 Å². The highest BCUT2D eigenvalue weighted by Crippen LogP contribution is 2.05. The van der Waals surface area contributed by atoms with Crippen molar-refractivity contribution in [1.82, 2.24) is 4.90 Å². The summed E-state index contributed by atoms with van der Waals surface area (Å²) in [7, 11) is 0. The number of amides is 1. The highest BCUT2D eigenvalue weighted by Gasteiger charge is 2.22. The molecule has 0 spiro atoms. The molecule has 1 heterocycles. The maximum Gasteiger partial charge on any atom is 0.234 e. The number of morpholine rings is 1. The van der Waals surface area contributed by atoms with Crippen LogP contribution < -0.4 is 0 Å². The molecule has 0 saturated carbocycles. The van der Waals surface area contributed by atoms with Crippen molar-refractivity contribution in [1.29, 1.82) is 0 Å². The summed E-state index contributed by atoms with van der Waals surface area (Å²) in [4.78, 5) is 12.9. The maximum absolute atomic E-state index is 11.3. The lowest BCUT2D eigenvalue weighted by molar-refractivity contribution is -0.139. The Hall–Kier alpha value is -1.05. The Balaban J connectivity index is 2.42. The number of nitrogens with zero attached hydrogens (tertiary/aromatic N) is 1. The van der Waals surface area contributed by atoms with E-state index in [1.165, 1.54) is 0 Å². The van der Waals surface area contributed by atoms with E-state index in [1.807, 2.05) is 0 Å². The van der Waals surface area contributed by atoms with Crippen LogP contribution in [0.15, 0.2) is 0 Å². The van der Waals surface area contributed by atoms with Crippen molar-refractivity contribution in [3.8, 4) is 12.3 Å². The lowest BCUT2D eigenvalue weighted by Crippen LogP contribution is -2.46. The fourth-order valence-corrected chi connectivity index (χ4v) is 1.26. The van der Waals surface area contributed by atoms with Crippen LogP contribution in [0.3, 0.4) is 0 Å². The largest absolute Gasteiger partial charge is 0.394 e. The second-order valence-corrected chi connectivity index (χ2v) is 2.90. The summed E-state index contributed by atoms with van der Waals surface area (Å²) in [5.74, 6) is 2.24. The first-order valence-corrected chi connectivity index (χ1v) is 4.21. The summed E-state index contributed by atoms with van der Waals surface area (Å²) in [6.45, 7) is 1.43. The molecule has 0 aromatic carbocycles. The fourth-order valence-electron chi connectivity index (χ4n) is 1.26. The third-order valence-corrected chi connectivity index (χ3v) is 1.95. The van der Waals surface area contributed by atoms with Gasteiger partial charge in [-0.05, 0) is 0 Å². The summed E-state index contributed by atoms with van der Waals surface area (Å²) in [6, 6.07) is 0. The number of carbonyl (C=O) groups is 1. The summed E-state index contributed by atoms with van der Waals surface area (Å²) < 4.78 is 5.19. The highest BCUT2D eigenvalue weighted by atomic mass is 16.5. The monoisotopic (exact) mass is 183 g/mol. The van der Waals surface area contributed by atoms with Crippen LogP contribution in [0.4, 0.5) is 0 Å². The van der Waals surface area contributed by atoms with Crippen molar-refractivity contribution in [2.45, 2.75) is 12.5 Å². The van der Waals surface area contributed by atoms with E-state index < -0.39 is 0 Å². The molecule has 1 saturated heterocycles. The summed E-state index contributed by atoms with van der Waals surface area (Å²) in [5, 5.41) is 8.82. The topological polar surface area (TPSA) is 49.8 Å². The first-order chi connectivity index (χ1) is 6.27. The van der Waals surface area contributed by atoms with Crippen molar-refractivity contribution in [2.24, 2.45) is 0 Å². The highest BCUT2D eigenvalue weighted by molar-refractivity contribution is 5.78. The second-order valence-electron chi connectivity index (χ2n) is 2.90. The van der Waals surface area contributed by atoms with Gasteiger partial charge in [0.15, 0.2) is 0 Å². The van der Waals surface area contributed by atoms with E-state index in [9.17, 15) is 4.79 Å². The van der Waals surface area contributed by atoms with E-state index >= 15 is 0 Å². The van der Waals surface area contributed by atoms with Crippen LogP contribution in [0.2, 0.25) is 0 Å². The second kappa shape index (κ2) is 4.85. The molecule has 1 amide bonds. The minimum Gasteiger partial charge on any atom is -0.394 e. The van der Waals surface area contributed by atoms with Gasteiger partial charge in [-0.25, -0.2) is 0 Å². The van der Waals surface area contributed by atoms with E-state index in [4.69, 9.17) is 16.3 Å². The minimum absolute atomic E-state index is 0.0557. The molecule has 1 N–H and O–H groups in total. The predicted molar refractivity (Wildman–Crippen MR) is 46.9 cm³/mol. The van der Waals surface area contributed by atoms with Crippen LogP contribution in [0.25, 0.3) is 0 Å². The molecule has 1 atom stereocenters. The lowest BCUT2D eigenvalue weighted by atomic mass is 10.2. The molecule has 0 aliphatic carbocycles. The molecule has 0 aromatic heterocycles. The Morgan fingerprint density at radius 1 is 1.77 bits per heavy atom. The van der Waals surface area contributed by atoms with Gasteiger partial charge < -0.3 is 14.7 Å². The molecule has 1 rings (SSSR count). The smallest absolute Gasteiger partial charge is 0.234 e. The zero-order valence-corrected chi connectivity index (χ0v) is 7.40. The van der Waals surface area contributed by atoms with E-state index in [0.717, 1.165) is 0 Å². The zero-order valence-electron chi connectivity index (χ0n) is 7.40. The molecule has 1 fully saturated rings. The molecule has 1 unspecified atom stereocenters. The van der Waals surface area contributed by atoms with Crippen LogP contribution in [-0.4, -0.2) is 48.3 Å². The molecular weight excluding hydrogens is 170 g/mol. The Morgan fingerprint density at radius 3 is 3.15 bits per heavy atom. The Kier molecular flexibility index (Phi) is 3.74. The van der Waals surface area contributed by atoms with Gasteiger partial charge >= 0.3 is 0 Å². The summed E-state index contributed by atoms with van der Waals surface area (Å²) >= 11 is 0. The average Bonchev–Trinajstić information content (AvgIpc) is 2.18. The standard InChI is InChI=1S/C9H13NO3/c1-2-3-9(12)10-4-5-13-8(6-10)7-11/h1,8,11H,3-7H2. The first-order valence-electron chi connectivity index (χ1n) is 4.21. The normalized spacial score (nSPS) is 22.5. The van der Waals surface area contributed by atoms with Gasteiger partial charge in [-0.2, -0.15) is 0 Å². The van der Waals surface area contributed by atoms with E-state index in [0.29, 0.717) is 19.7 Å². The van der Waals surface area contributed by atoms with Crippen LogP contribution >= 0.6 is 0 Å².